The molecule has 172 valence electrons. The molecule has 0 spiro atoms. The van der Waals surface area contributed by atoms with Crippen LogP contribution in [0.25, 0.3) is 0 Å². The van der Waals surface area contributed by atoms with Crippen LogP contribution in [0.2, 0.25) is 0 Å². The molecule has 1 aromatic heterocycles. The van der Waals surface area contributed by atoms with Crippen molar-refractivity contribution in [3.8, 4) is 0 Å². The Balaban J connectivity index is 1.34. The van der Waals surface area contributed by atoms with Gasteiger partial charge < -0.3 is 19.4 Å². The Morgan fingerprint density at radius 1 is 1.28 bits per heavy atom. The standard InChI is InChI=1S/C23H29FN4O4/c1-16(29)25-13-20-15-28(23(30)32-20)18-5-6-22(21(24)12-18)27-9-7-17(8-10-27)26(2)14-19-4-3-11-31-19/h3-6,11-12,17,20H,7-10,13-15H2,1-2H3,(H,25,29)/t20-/m0/s1. The number of halogens is 1. The molecule has 2 saturated heterocycles. The summed E-state index contributed by atoms with van der Waals surface area (Å²) in [5, 5.41) is 2.63. The molecular formula is C23H29FN4O4. The van der Waals surface area contributed by atoms with Crippen LogP contribution in [0.3, 0.4) is 0 Å². The summed E-state index contributed by atoms with van der Waals surface area (Å²) >= 11 is 0. The maximum atomic E-state index is 15.0. The highest BCUT2D eigenvalue weighted by Crippen LogP contribution is 2.30. The van der Waals surface area contributed by atoms with E-state index in [1.807, 2.05) is 12.1 Å². The summed E-state index contributed by atoms with van der Waals surface area (Å²) in [6.07, 6.45) is 2.56. The minimum absolute atomic E-state index is 0.189. The first kappa shape index (κ1) is 22.1. The number of furan rings is 1. The molecule has 9 heteroatoms. The Bertz CT molecular complexity index is 943. The number of benzene rings is 1. The maximum Gasteiger partial charge on any atom is 0.414 e. The number of amides is 2. The Hall–Kier alpha value is -3.07. The number of anilines is 2. The fourth-order valence-corrected chi connectivity index (χ4v) is 4.34. The lowest BCUT2D eigenvalue weighted by molar-refractivity contribution is -0.119. The van der Waals surface area contributed by atoms with Gasteiger partial charge in [-0.2, -0.15) is 0 Å². The first-order valence-corrected chi connectivity index (χ1v) is 10.9. The van der Waals surface area contributed by atoms with Crippen LogP contribution in [0, 0.1) is 5.82 Å². The molecule has 8 nitrogen and oxygen atoms in total. The predicted molar refractivity (Wildman–Crippen MR) is 118 cm³/mol. The molecule has 2 aliphatic rings. The average Bonchev–Trinajstić information content (AvgIpc) is 3.41. The number of hydrogen-bond donors (Lipinski definition) is 1. The monoisotopic (exact) mass is 444 g/mol. The molecule has 4 rings (SSSR count). The summed E-state index contributed by atoms with van der Waals surface area (Å²) < 4.78 is 25.7. The van der Waals surface area contributed by atoms with E-state index >= 15 is 0 Å². The van der Waals surface area contributed by atoms with Crippen LogP contribution in [-0.2, 0) is 16.1 Å². The van der Waals surface area contributed by atoms with Crippen LogP contribution < -0.4 is 15.1 Å². The molecule has 2 aromatic rings. The van der Waals surface area contributed by atoms with Crippen LogP contribution in [0.1, 0.15) is 25.5 Å². The highest BCUT2D eigenvalue weighted by atomic mass is 19.1. The van der Waals surface area contributed by atoms with Gasteiger partial charge in [0.05, 0.1) is 37.3 Å². The van der Waals surface area contributed by atoms with Gasteiger partial charge in [-0.25, -0.2) is 9.18 Å². The number of nitrogens with one attached hydrogen (secondary N) is 1. The van der Waals surface area contributed by atoms with Gasteiger partial charge in [0.15, 0.2) is 0 Å². The Kier molecular flexibility index (Phi) is 6.64. The second-order valence-corrected chi connectivity index (χ2v) is 8.40. The number of hydrogen-bond acceptors (Lipinski definition) is 6. The molecule has 1 N–H and O–H groups in total. The van der Waals surface area contributed by atoms with Crippen molar-refractivity contribution in [3.63, 3.8) is 0 Å². The van der Waals surface area contributed by atoms with Crippen molar-refractivity contribution in [1.82, 2.24) is 10.2 Å². The Morgan fingerprint density at radius 2 is 2.06 bits per heavy atom. The fourth-order valence-electron chi connectivity index (χ4n) is 4.34. The van der Waals surface area contributed by atoms with E-state index in [1.165, 1.54) is 17.9 Å². The summed E-state index contributed by atoms with van der Waals surface area (Å²) in [5.74, 6) is 0.394. The van der Waals surface area contributed by atoms with E-state index in [0.717, 1.165) is 38.2 Å². The van der Waals surface area contributed by atoms with Crippen LogP contribution >= 0.6 is 0 Å². The minimum Gasteiger partial charge on any atom is -0.468 e. The minimum atomic E-state index is -0.534. The van der Waals surface area contributed by atoms with E-state index in [1.54, 1.807) is 18.4 Å². The third kappa shape index (κ3) is 5.04. The molecule has 1 atom stereocenters. The number of carbonyl (C=O) groups is 2. The first-order chi connectivity index (χ1) is 15.4. The van der Waals surface area contributed by atoms with Crippen molar-refractivity contribution in [2.24, 2.45) is 0 Å². The number of carbonyl (C=O) groups excluding carboxylic acids is 2. The molecule has 0 unspecified atom stereocenters. The molecule has 1 aromatic carbocycles. The van der Waals surface area contributed by atoms with E-state index in [2.05, 4.69) is 22.2 Å². The molecule has 3 heterocycles. The number of ether oxygens (including phenoxy) is 1. The van der Waals surface area contributed by atoms with Crippen molar-refractivity contribution in [2.45, 2.75) is 38.5 Å². The first-order valence-electron chi connectivity index (χ1n) is 10.9. The summed E-state index contributed by atoms with van der Waals surface area (Å²) in [5.41, 5.74) is 0.998. The zero-order valence-corrected chi connectivity index (χ0v) is 18.4. The maximum absolute atomic E-state index is 15.0. The second-order valence-electron chi connectivity index (χ2n) is 8.40. The largest absolute Gasteiger partial charge is 0.468 e. The molecule has 0 saturated carbocycles. The van der Waals surface area contributed by atoms with E-state index in [-0.39, 0.29) is 24.8 Å². The lowest BCUT2D eigenvalue weighted by Crippen LogP contribution is -2.43. The smallest absolute Gasteiger partial charge is 0.414 e. The number of piperidine rings is 1. The normalized spacial score (nSPS) is 19.5. The van der Waals surface area contributed by atoms with Crippen LogP contribution in [0.4, 0.5) is 20.6 Å². The zero-order valence-electron chi connectivity index (χ0n) is 18.4. The molecule has 2 fully saturated rings. The van der Waals surface area contributed by atoms with Gasteiger partial charge >= 0.3 is 6.09 Å². The molecule has 0 radical (unpaired) electrons. The predicted octanol–water partition coefficient (Wildman–Crippen LogP) is 2.98. The summed E-state index contributed by atoms with van der Waals surface area (Å²) in [4.78, 5) is 29.0. The van der Waals surface area contributed by atoms with E-state index in [9.17, 15) is 14.0 Å². The van der Waals surface area contributed by atoms with Gasteiger partial charge in [0.1, 0.15) is 17.7 Å². The van der Waals surface area contributed by atoms with E-state index in [0.29, 0.717) is 17.4 Å². The third-order valence-electron chi connectivity index (χ3n) is 6.11. The van der Waals surface area contributed by atoms with Gasteiger partial charge in [0.25, 0.3) is 0 Å². The molecule has 2 aliphatic heterocycles. The van der Waals surface area contributed by atoms with E-state index < -0.39 is 12.2 Å². The van der Waals surface area contributed by atoms with Crippen LogP contribution in [0.5, 0.6) is 0 Å². The van der Waals surface area contributed by atoms with Gasteiger partial charge in [-0.15, -0.1) is 0 Å². The number of nitrogens with zero attached hydrogens (tertiary/aromatic N) is 3. The molecule has 0 aliphatic carbocycles. The Morgan fingerprint density at radius 3 is 2.72 bits per heavy atom. The highest BCUT2D eigenvalue weighted by molar-refractivity contribution is 5.90. The van der Waals surface area contributed by atoms with Crippen molar-refractivity contribution in [1.29, 1.82) is 0 Å². The summed E-state index contributed by atoms with van der Waals surface area (Å²) in [6, 6.07) is 9.14. The SMILES string of the molecule is CC(=O)NC[C@H]1CN(c2ccc(N3CCC(N(C)Cc4ccco4)CC3)c(F)c2)C(=O)O1. The van der Waals surface area contributed by atoms with Gasteiger partial charge in [-0.1, -0.05) is 0 Å². The number of rotatable bonds is 7. The van der Waals surface area contributed by atoms with Crippen LogP contribution in [0.15, 0.2) is 41.0 Å². The fraction of sp³-hybridized carbons (Fsp3) is 0.478. The molecule has 2 amide bonds. The van der Waals surface area contributed by atoms with Crippen molar-refractivity contribution >= 4 is 23.4 Å². The topological polar surface area (TPSA) is 78.3 Å². The zero-order chi connectivity index (χ0) is 22.7. The lowest BCUT2D eigenvalue weighted by Gasteiger charge is -2.37. The third-order valence-corrected chi connectivity index (χ3v) is 6.11. The molecular weight excluding hydrogens is 415 g/mol. The van der Waals surface area contributed by atoms with Gasteiger partial charge in [0, 0.05) is 26.1 Å². The van der Waals surface area contributed by atoms with Gasteiger partial charge in [0.2, 0.25) is 5.91 Å². The second kappa shape index (κ2) is 9.60. The van der Waals surface area contributed by atoms with Gasteiger partial charge in [-0.05, 0) is 50.2 Å². The van der Waals surface area contributed by atoms with Crippen molar-refractivity contribution in [2.75, 3.05) is 43.0 Å². The quantitative estimate of drug-likeness (QED) is 0.708. The lowest BCUT2D eigenvalue weighted by atomic mass is 10.0. The molecule has 32 heavy (non-hydrogen) atoms. The summed E-state index contributed by atoms with van der Waals surface area (Å²) in [6.45, 7) is 4.19. The van der Waals surface area contributed by atoms with Crippen molar-refractivity contribution < 1.29 is 23.1 Å². The average molecular weight is 445 g/mol. The Labute approximate surface area is 186 Å². The summed E-state index contributed by atoms with van der Waals surface area (Å²) in [7, 11) is 2.09. The van der Waals surface area contributed by atoms with Gasteiger partial charge in [-0.3, -0.25) is 14.6 Å². The van der Waals surface area contributed by atoms with Crippen molar-refractivity contribution in [3.05, 3.63) is 48.2 Å². The molecule has 0 bridgehead atoms. The number of cyclic esters (lactones) is 1. The van der Waals surface area contributed by atoms with Crippen LogP contribution in [-0.4, -0.2) is 62.3 Å². The highest BCUT2D eigenvalue weighted by Gasteiger charge is 2.33. The van der Waals surface area contributed by atoms with E-state index in [4.69, 9.17) is 9.15 Å².